The second kappa shape index (κ2) is 5.77. The van der Waals surface area contributed by atoms with Crippen molar-refractivity contribution in [1.82, 2.24) is 15.2 Å². The number of amides is 3. The predicted molar refractivity (Wildman–Crippen MR) is 77.9 cm³/mol. The fourth-order valence-electron chi connectivity index (χ4n) is 2.25. The molecule has 0 unspecified atom stereocenters. The second-order valence-electron chi connectivity index (χ2n) is 4.86. The summed E-state index contributed by atoms with van der Waals surface area (Å²) < 4.78 is 0. The number of nitrogens with one attached hydrogen (secondary N) is 1. The van der Waals surface area contributed by atoms with Gasteiger partial charge in [-0.25, -0.2) is 0 Å². The molecule has 22 heavy (non-hydrogen) atoms. The van der Waals surface area contributed by atoms with Crippen LogP contribution in [0.3, 0.4) is 0 Å². The van der Waals surface area contributed by atoms with Gasteiger partial charge in [-0.3, -0.25) is 24.3 Å². The third-order valence-corrected chi connectivity index (χ3v) is 3.37. The normalized spacial score (nSPS) is 13.2. The van der Waals surface area contributed by atoms with Crippen LogP contribution >= 0.6 is 0 Å². The van der Waals surface area contributed by atoms with Gasteiger partial charge < -0.3 is 5.32 Å². The predicted octanol–water partition coefficient (Wildman–Crippen LogP) is 0.994. The van der Waals surface area contributed by atoms with E-state index in [1.807, 2.05) is 30.3 Å². The molecule has 0 fully saturated rings. The number of nitrogens with zero attached hydrogens (tertiary/aromatic N) is 2. The topological polar surface area (TPSA) is 79.4 Å². The van der Waals surface area contributed by atoms with E-state index >= 15 is 0 Å². The Kier molecular flexibility index (Phi) is 3.65. The Bertz CT molecular complexity index is 708. The van der Waals surface area contributed by atoms with Gasteiger partial charge in [-0.2, -0.15) is 0 Å². The number of rotatable bonds is 4. The number of carbonyl (C=O) groups excluding carboxylic acids is 3. The lowest BCUT2D eigenvalue weighted by Crippen LogP contribution is -2.40. The molecule has 6 heteroatoms. The lowest BCUT2D eigenvalue weighted by molar-refractivity contribution is -0.121. The minimum atomic E-state index is -0.532. The van der Waals surface area contributed by atoms with Crippen LogP contribution in [0.15, 0.2) is 48.7 Å². The van der Waals surface area contributed by atoms with E-state index in [0.29, 0.717) is 6.54 Å². The Morgan fingerprint density at radius 3 is 2.55 bits per heavy atom. The molecule has 2 heterocycles. The first-order valence-corrected chi connectivity index (χ1v) is 6.78. The van der Waals surface area contributed by atoms with Crippen molar-refractivity contribution in [2.75, 3.05) is 6.54 Å². The molecule has 1 aliphatic rings. The van der Waals surface area contributed by atoms with Crippen molar-refractivity contribution in [3.8, 4) is 0 Å². The number of imide groups is 1. The Hall–Kier alpha value is -3.02. The summed E-state index contributed by atoms with van der Waals surface area (Å²) in [4.78, 5) is 40.9. The average Bonchev–Trinajstić information content (AvgIpc) is 2.79. The molecular formula is C16H13N3O3. The van der Waals surface area contributed by atoms with Gasteiger partial charge in [-0.1, -0.05) is 30.3 Å². The average molecular weight is 295 g/mol. The van der Waals surface area contributed by atoms with Crippen LogP contribution in [0, 0.1) is 0 Å². The lowest BCUT2D eigenvalue weighted by atomic mass is 10.2. The second-order valence-corrected chi connectivity index (χ2v) is 4.86. The molecule has 110 valence electrons. The molecule has 2 aromatic rings. The molecule has 0 radical (unpaired) electrons. The molecule has 0 bridgehead atoms. The van der Waals surface area contributed by atoms with E-state index in [2.05, 4.69) is 10.3 Å². The smallest absolute Gasteiger partial charge is 0.280 e. The van der Waals surface area contributed by atoms with Crippen LogP contribution in [0.5, 0.6) is 0 Å². The van der Waals surface area contributed by atoms with Crippen molar-refractivity contribution >= 4 is 17.7 Å². The molecule has 3 rings (SSSR count). The molecule has 6 nitrogen and oxygen atoms in total. The third kappa shape index (κ3) is 2.58. The van der Waals surface area contributed by atoms with Crippen molar-refractivity contribution in [1.29, 1.82) is 0 Å². The van der Waals surface area contributed by atoms with Gasteiger partial charge in [0.25, 0.3) is 11.8 Å². The zero-order chi connectivity index (χ0) is 15.5. The Morgan fingerprint density at radius 1 is 1.05 bits per heavy atom. The van der Waals surface area contributed by atoms with Crippen LogP contribution in [0.2, 0.25) is 0 Å². The van der Waals surface area contributed by atoms with Gasteiger partial charge in [-0.05, 0) is 17.7 Å². The first-order valence-electron chi connectivity index (χ1n) is 6.78. The van der Waals surface area contributed by atoms with Gasteiger partial charge >= 0.3 is 0 Å². The van der Waals surface area contributed by atoms with E-state index in [-0.39, 0.29) is 17.8 Å². The maximum absolute atomic E-state index is 12.1. The fourth-order valence-corrected chi connectivity index (χ4v) is 2.25. The zero-order valence-electron chi connectivity index (χ0n) is 11.7. The minimum Gasteiger partial charge on any atom is -0.350 e. The Labute approximate surface area is 126 Å². The zero-order valence-corrected chi connectivity index (χ0v) is 11.7. The first-order chi connectivity index (χ1) is 10.7. The van der Waals surface area contributed by atoms with E-state index in [4.69, 9.17) is 0 Å². The van der Waals surface area contributed by atoms with Gasteiger partial charge in [0, 0.05) is 12.7 Å². The Balaban J connectivity index is 1.63. The van der Waals surface area contributed by atoms with Crippen LogP contribution < -0.4 is 5.32 Å². The molecule has 0 saturated heterocycles. The number of carbonyl (C=O) groups is 3. The summed E-state index contributed by atoms with van der Waals surface area (Å²) >= 11 is 0. The van der Waals surface area contributed by atoms with E-state index in [1.165, 1.54) is 12.3 Å². The van der Waals surface area contributed by atoms with Gasteiger partial charge in [-0.15, -0.1) is 0 Å². The molecule has 1 aromatic carbocycles. The summed E-state index contributed by atoms with van der Waals surface area (Å²) in [5, 5.41) is 2.69. The van der Waals surface area contributed by atoms with E-state index in [1.54, 1.807) is 6.07 Å². The van der Waals surface area contributed by atoms with Crippen molar-refractivity contribution in [2.24, 2.45) is 0 Å². The van der Waals surface area contributed by atoms with E-state index in [9.17, 15) is 14.4 Å². The molecule has 0 atom stereocenters. The molecule has 1 aliphatic heterocycles. The van der Waals surface area contributed by atoms with Crippen LogP contribution in [-0.2, 0) is 11.3 Å². The standard InChI is InChI=1S/C16H13N3O3/c20-13(18-9-11-5-2-1-3-6-11)10-19-15(21)12-7-4-8-17-14(12)16(19)22/h1-8H,9-10H2,(H,18,20). The number of benzene rings is 1. The summed E-state index contributed by atoms with van der Waals surface area (Å²) in [6.45, 7) is 0.0436. The van der Waals surface area contributed by atoms with Crippen molar-refractivity contribution in [2.45, 2.75) is 6.54 Å². The van der Waals surface area contributed by atoms with Gasteiger partial charge in [0.2, 0.25) is 5.91 Å². The maximum Gasteiger partial charge on any atom is 0.280 e. The molecule has 1 aromatic heterocycles. The molecule has 0 saturated carbocycles. The van der Waals surface area contributed by atoms with Crippen LogP contribution in [-0.4, -0.2) is 34.2 Å². The highest BCUT2D eigenvalue weighted by Gasteiger charge is 2.37. The monoisotopic (exact) mass is 295 g/mol. The summed E-state index contributed by atoms with van der Waals surface area (Å²) in [6, 6.07) is 12.5. The molecule has 1 N–H and O–H groups in total. The quantitative estimate of drug-likeness (QED) is 0.853. The highest BCUT2D eigenvalue weighted by atomic mass is 16.2. The SMILES string of the molecule is O=C(CN1C(=O)c2cccnc2C1=O)NCc1ccccc1. The summed E-state index contributed by atoms with van der Waals surface area (Å²) in [7, 11) is 0. The molecule has 3 amide bonds. The van der Waals surface area contributed by atoms with Crippen LogP contribution in [0.1, 0.15) is 26.4 Å². The van der Waals surface area contributed by atoms with Gasteiger partial charge in [0.15, 0.2) is 0 Å². The summed E-state index contributed by atoms with van der Waals surface area (Å²) in [5.74, 6) is -1.41. The van der Waals surface area contributed by atoms with E-state index in [0.717, 1.165) is 10.5 Å². The largest absolute Gasteiger partial charge is 0.350 e. The van der Waals surface area contributed by atoms with Crippen molar-refractivity contribution in [3.05, 3.63) is 65.5 Å². The highest BCUT2D eigenvalue weighted by Crippen LogP contribution is 2.19. The summed E-state index contributed by atoms with van der Waals surface area (Å²) in [5.41, 5.74) is 1.28. The number of pyridine rings is 1. The number of aromatic nitrogens is 1. The highest BCUT2D eigenvalue weighted by molar-refractivity contribution is 6.21. The van der Waals surface area contributed by atoms with E-state index < -0.39 is 17.7 Å². The maximum atomic E-state index is 12.1. The number of fused-ring (bicyclic) bond motifs is 1. The summed E-state index contributed by atoms with van der Waals surface area (Å²) in [6.07, 6.45) is 1.45. The fraction of sp³-hybridized carbons (Fsp3) is 0.125. The lowest BCUT2D eigenvalue weighted by Gasteiger charge is -2.13. The van der Waals surface area contributed by atoms with Crippen LogP contribution in [0.25, 0.3) is 0 Å². The van der Waals surface area contributed by atoms with Gasteiger partial charge in [0.05, 0.1) is 5.56 Å². The van der Waals surface area contributed by atoms with Crippen molar-refractivity contribution in [3.63, 3.8) is 0 Å². The Morgan fingerprint density at radius 2 is 1.82 bits per heavy atom. The third-order valence-electron chi connectivity index (χ3n) is 3.37. The molecule has 0 aliphatic carbocycles. The minimum absolute atomic E-state index is 0.100. The number of hydrogen-bond acceptors (Lipinski definition) is 4. The molecule has 0 spiro atoms. The molecular weight excluding hydrogens is 282 g/mol. The van der Waals surface area contributed by atoms with Gasteiger partial charge in [0.1, 0.15) is 12.2 Å². The van der Waals surface area contributed by atoms with Crippen molar-refractivity contribution < 1.29 is 14.4 Å². The van der Waals surface area contributed by atoms with Crippen LogP contribution in [0.4, 0.5) is 0 Å². The first kappa shape index (κ1) is 13.9. The number of hydrogen-bond donors (Lipinski definition) is 1.